The van der Waals surface area contributed by atoms with Gasteiger partial charge in [-0.1, -0.05) is 162 Å². The third kappa shape index (κ3) is 11.2. The molecule has 0 aromatic rings. The van der Waals surface area contributed by atoms with Gasteiger partial charge in [-0.2, -0.15) is 0 Å². The van der Waals surface area contributed by atoms with Crippen molar-refractivity contribution in [2.75, 3.05) is 0 Å². The van der Waals surface area contributed by atoms with Gasteiger partial charge in [0.2, 0.25) is 0 Å². The summed E-state index contributed by atoms with van der Waals surface area (Å²) in [6, 6.07) is 0. The first-order chi connectivity index (χ1) is 23.6. The van der Waals surface area contributed by atoms with Gasteiger partial charge in [0, 0.05) is 12.8 Å². The SMILES string of the molecule is C=C(CCC(C)C1CCC2C3CC=C4CC(OC(=O)CCCCCCCCCCCCCCCCCC)CCC4(C)C3CCC12C)C(C)C. The van der Waals surface area contributed by atoms with Crippen LogP contribution in [0, 0.1) is 46.3 Å². The van der Waals surface area contributed by atoms with Gasteiger partial charge in [-0.3, -0.25) is 4.79 Å². The molecule has 282 valence electrons. The molecule has 0 radical (unpaired) electrons. The lowest BCUT2D eigenvalue weighted by Crippen LogP contribution is -2.51. The Labute approximate surface area is 305 Å². The molecule has 0 N–H and O–H groups in total. The summed E-state index contributed by atoms with van der Waals surface area (Å²) in [4.78, 5) is 12.8. The fraction of sp³-hybridized carbons (Fsp3) is 0.894. The van der Waals surface area contributed by atoms with Crippen LogP contribution in [0.3, 0.4) is 0 Å². The van der Waals surface area contributed by atoms with E-state index in [9.17, 15) is 4.79 Å². The number of carbonyl (C=O) groups excluding carboxylic acids is 1. The van der Waals surface area contributed by atoms with E-state index in [2.05, 4.69) is 54.2 Å². The Morgan fingerprint density at radius 3 is 1.96 bits per heavy atom. The average Bonchev–Trinajstić information content (AvgIpc) is 3.44. The van der Waals surface area contributed by atoms with E-state index in [1.165, 1.54) is 153 Å². The number of carbonyl (C=O) groups is 1. The second kappa shape index (κ2) is 20.3. The summed E-state index contributed by atoms with van der Waals surface area (Å²) in [5.74, 6) is 4.91. The molecule has 0 aliphatic heterocycles. The van der Waals surface area contributed by atoms with Gasteiger partial charge in [0.05, 0.1) is 0 Å². The zero-order valence-corrected chi connectivity index (χ0v) is 33.7. The molecular weight excluding hydrogens is 597 g/mol. The van der Waals surface area contributed by atoms with Crippen molar-refractivity contribution in [3.8, 4) is 0 Å². The third-order valence-corrected chi connectivity index (χ3v) is 15.1. The molecular formula is C47H82O2. The maximum absolute atomic E-state index is 12.8. The number of allylic oxidation sites excluding steroid dienone is 2. The van der Waals surface area contributed by atoms with Gasteiger partial charge in [-0.05, 0) is 111 Å². The summed E-state index contributed by atoms with van der Waals surface area (Å²) in [7, 11) is 0. The molecule has 0 aromatic carbocycles. The first-order valence-corrected chi connectivity index (χ1v) is 22.2. The predicted molar refractivity (Wildman–Crippen MR) is 212 cm³/mol. The summed E-state index contributed by atoms with van der Waals surface area (Å²) >= 11 is 0. The Morgan fingerprint density at radius 2 is 1.37 bits per heavy atom. The van der Waals surface area contributed by atoms with Gasteiger partial charge in [0.25, 0.3) is 0 Å². The molecule has 49 heavy (non-hydrogen) atoms. The van der Waals surface area contributed by atoms with Crippen molar-refractivity contribution in [3.63, 3.8) is 0 Å². The van der Waals surface area contributed by atoms with Crippen LogP contribution < -0.4 is 0 Å². The summed E-state index contributed by atoms with van der Waals surface area (Å²) in [5.41, 5.74) is 3.91. The molecule has 0 heterocycles. The van der Waals surface area contributed by atoms with Gasteiger partial charge in [-0.25, -0.2) is 0 Å². The van der Waals surface area contributed by atoms with Crippen LogP contribution in [-0.2, 0) is 9.53 Å². The molecule has 3 saturated carbocycles. The molecule has 2 heteroatoms. The smallest absolute Gasteiger partial charge is 0.306 e. The van der Waals surface area contributed by atoms with Gasteiger partial charge in [0.15, 0.2) is 0 Å². The van der Waals surface area contributed by atoms with Gasteiger partial charge in [-0.15, -0.1) is 0 Å². The number of esters is 1. The van der Waals surface area contributed by atoms with E-state index in [-0.39, 0.29) is 12.1 Å². The molecule has 0 saturated heterocycles. The largest absolute Gasteiger partial charge is 0.462 e. The van der Waals surface area contributed by atoms with Crippen LogP contribution >= 0.6 is 0 Å². The first kappa shape index (κ1) is 40.7. The lowest BCUT2D eigenvalue weighted by atomic mass is 9.47. The van der Waals surface area contributed by atoms with Crippen molar-refractivity contribution in [1.29, 1.82) is 0 Å². The quantitative estimate of drug-likeness (QED) is 0.0611. The third-order valence-electron chi connectivity index (χ3n) is 15.1. The van der Waals surface area contributed by atoms with Crippen LogP contribution in [0.25, 0.3) is 0 Å². The average molecular weight is 679 g/mol. The highest BCUT2D eigenvalue weighted by Crippen LogP contribution is 2.67. The van der Waals surface area contributed by atoms with Crippen LogP contribution in [-0.4, -0.2) is 12.1 Å². The van der Waals surface area contributed by atoms with E-state index in [1.807, 2.05) is 0 Å². The van der Waals surface area contributed by atoms with E-state index in [4.69, 9.17) is 4.74 Å². The zero-order chi connectivity index (χ0) is 35.3. The monoisotopic (exact) mass is 679 g/mol. The molecule has 3 fully saturated rings. The number of hydrogen-bond acceptors (Lipinski definition) is 2. The van der Waals surface area contributed by atoms with Crippen molar-refractivity contribution < 1.29 is 9.53 Å². The van der Waals surface area contributed by atoms with E-state index in [1.54, 1.807) is 5.57 Å². The predicted octanol–water partition coefficient (Wildman–Crippen LogP) is 14.8. The highest BCUT2D eigenvalue weighted by molar-refractivity contribution is 5.69. The fourth-order valence-corrected chi connectivity index (χ4v) is 11.7. The summed E-state index contributed by atoms with van der Waals surface area (Å²) in [6.45, 7) is 19.1. The van der Waals surface area contributed by atoms with E-state index in [0.29, 0.717) is 23.2 Å². The molecule has 0 amide bonds. The second-order valence-corrected chi connectivity index (χ2v) is 18.7. The molecule has 0 bridgehead atoms. The zero-order valence-electron chi connectivity index (χ0n) is 33.7. The number of unbranched alkanes of at least 4 members (excludes halogenated alkanes) is 15. The van der Waals surface area contributed by atoms with Crippen LogP contribution in [0.4, 0.5) is 0 Å². The Bertz CT molecular complexity index is 1020. The number of hydrogen-bond donors (Lipinski definition) is 0. The molecule has 4 aliphatic rings. The summed E-state index contributed by atoms with van der Waals surface area (Å²) in [6.07, 6.45) is 37.9. The summed E-state index contributed by atoms with van der Waals surface area (Å²) in [5, 5.41) is 0. The fourth-order valence-electron chi connectivity index (χ4n) is 11.7. The standard InChI is InChI=1S/C47H82O2/c1-8-9-10-11-12-13-14-15-16-17-18-19-20-21-22-23-24-45(48)49-40-31-33-46(6)39(35-40)27-28-41-43-30-29-42(47(43,7)34-32-44(41)46)38(5)26-25-37(4)36(2)3/h27,36,38,40-44H,4,8-26,28-35H2,1-3,5-7H3. The minimum absolute atomic E-state index is 0.0600. The Balaban J connectivity index is 1.10. The minimum Gasteiger partial charge on any atom is -0.462 e. The minimum atomic E-state index is 0.0600. The molecule has 0 aromatic heterocycles. The molecule has 8 unspecified atom stereocenters. The van der Waals surface area contributed by atoms with Crippen LogP contribution in [0.15, 0.2) is 23.8 Å². The number of fused-ring (bicyclic) bond motifs is 5. The van der Waals surface area contributed by atoms with Crippen LogP contribution in [0.2, 0.25) is 0 Å². The van der Waals surface area contributed by atoms with Crippen LogP contribution in [0.1, 0.15) is 215 Å². The normalized spacial score (nSPS) is 31.5. The topological polar surface area (TPSA) is 26.3 Å². The molecule has 2 nitrogen and oxygen atoms in total. The first-order valence-electron chi connectivity index (χ1n) is 22.2. The Kier molecular flexibility index (Phi) is 16.8. The van der Waals surface area contributed by atoms with Crippen molar-refractivity contribution in [1.82, 2.24) is 0 Å². The molecule has 4 aliphatic carbocycles. The Hall–Kier alpha value is -1.05. The van der Waals surface area contributed by atoms with Crippen molar-refractivity contribution >= 4 is 5.97 Å². The molecule has 8 atom stereocenters. The maximum Gasteiger partial charge on any atom is 0.306 e. The highest BCUT2D eigenvalue weighted by atomic mass is 16.5. The maximum atomic E-state index is 12.8. The highest BCUT2D eigenvalue weighted by Gasteiger charge is 2.59. The lowest BCUT2D eigenvalue weighted by molar-refractivity contribution is -0.151. The molecule has 0 spiro atoms. The van der Waals surface area contributed by atoms with E-state index >= 15 is 0 Å². The lowest BCUT2D eigenvalue weighted by Gasteiger charge is -2.58. The number of ether oxygens (including phenoxy) is 1. The second-order valence-electron chi connectivity index (χ2n) is 18.7. The van der Waals surface area contributed by atoms with Gasteiger partial charge >= 0.3 is 5.97 Å². The van der Waals surface area contributed by atoms with Crippen molar-refractivity contribution in [2.45, 2.75) is 221 Å². The van der Waals surface area contributed by atoms with E-state index in [0.717, 1.165) is 48.9 Å². The van der Waals surface area contributed by atoms with Crippen LogP contribution in [0.5, 0.6) is 0 Å². The van der Waals surface area contributed by atoms with Gasteiger partial charge < -0.3 is 4.74 Å². The van der Waals surface area contributed by atoms with E-state index < -0.39 is 0 Å². The molecule has 4 rings (SSSR count). The van der Waals surface area contributed by atoms with Gasteiger partial charge in [0.1, 0.15) is 6.10 Å². The summed E-state index contributed by atoms with van der Waals surface area (Å²) < 4.78 is 6.14. The Morgan fingerprint density at radius 1 is 0.776 bits per heavy atom. The number of rotatable bonds is 23. The van der Waals surface area contributed by atoms with Crippen molar-refractivity contribution in [3.05, 3.63) is 23.8 Å². The van der Waals surface area contributed by atoms with Crippen molar-refractivity contribution in [2.24, 2.45) is 46.3 Å².